The molecule has 0 bridgehead atoms. The van der Waals surface area contributed by atoms with Gasteiger partial charge in [0.05, 0.1) is 26.2 Å². The molecule has 0 aliphatic carbocycles. The molecule has 0 saturated carbocycles. The SMILES string of the molecule is CCC[N+]1(CC)CCCC1.O=S(=O)([N-]S(=O)(=O)C(F)(F)F)C(F)(F)F. The minimum absolute atomic E-state index is 0.778. The van der Waals surface area contributed by atoms with Crippen molar-refractivity contribution in [2.75, 3.05) is 26.2 Å². The second-order valence-corrected chi connectivity index (χ2v) is 8.87. The Hall–Kier alpha value is -0.600. The molecular weight excluding hydrogens is 402 g/mol. The van der Waals surface area contributed by atoms with Crippen LogP contribution in [0.5, 0.6) is 0 Å². The molecular formula is C11H20F6N2O4S2. The molecule has 6 nitrogen and oxygen atoms in total. The van der Waals surface area contributed by atoms with Gasteiger partial charge in [0.15, 0.2) is 20.0 Å². The summed E-state index contributed by atoms with van der Waals surface area (Å²) in [6.07, 6.45) is 4.29. The normalized spacial score (nSPS) is 18.6. The zero-order valence-electron chi connectivity index (χ0n) is 13.6. The van der Waals surface area contributed by atoms with E-state index in [1.165, 1.54) is 49.9 Å². The lowest BCUT2D eigenvalue weighted by atomic mass is 10.3. The van der Waals surface area contributed by atoms with Gasteiger partial charge in [-0.05, 0) is 13.3 Å². The molecule has 1 fully saturated rings. The van der Waals surface area contributed by atoms with Gasteiger partial charge < -0.3 is 8.61 Å². The van der Waals surface area contributed by atoms with E-state index in [1.807, 2.05) is 0 Å². The molecule has 1 aliphatic rings. The molecule has 14 heteroatoms. The van der Waals surface area contributed by atoms with Gasteiger partial charge in [-0.15, -0.1) is 0 Å². The Labute approximate surface area is 142 Å². The predicted octanol–water partition coefficient (Wildman–Crippen LogP) is 3.09. The fourth-order valence-electron chi connectivity index (χ4n) is 2.39. The van der Waals surface area contributed by atoms with E-state index in [-0.39, 0.29) is 0 Å². The van der Waals surface area contributed by atoms with Crippen LogP contribution in [0.1, 0.15) is 33.1 Å². The molecule has 1 aliphatic heterocycles. The van der Waals surface area contributed by atoms with E-state index in [2.05, 4.69) is 13.8 Å². The summed E-state index contributed by atoms with van der Waals surface area (Å²) in [5.41, 5.74) is -12.4. The third kappa shape index (κ3) is 6.90. The van der Waals surface area contributed by atoms with Gasteiger partial charge in [-0.25, -0.2) is 16.8 Å². The molecule has 0 spiro atoms. The lowest BCUT2D eigenvalue weighted by Gasteiger charge is -2.32. The van der Waals surface area contributed by atoms with Gasteiger partial charge in [0, 0.05) is 12.8 Å². The third-order valence-corrected chi connectivity index (χ3v) is 6.40. The summed E-state index contributed by atoms with van der Waals surface area (Å²) in [7, 11) is -13.4. The number of quaternary nitrogens is 1. The lowest BCUT2D eigenvalue weighted by Crippen LogP contribution is -2.45. The maximum Gasteiger partial charge on any atom is 0.480 e. The monoisotopic (exact) mass is 422 g/mol. The van der Waals surface area contributed by atoms with E-state index in [0.717, 1.165) is 4.13 Å². The molecule has 1 saturated heterocycles. The first kappa shape index (κ1) is 24.4. The minimum atomic E-state index is -6.72. The summed E-state index contributed by atoms with van der Waals surface area (Å²) in [6, 6.07) is 0. The number of hydrogen-bond donors (Lipinski definition) is 0. The van der Waals surface area contributed by atoms with Crippen molar-refractivity contribution < 1.29 is 47.7 Å². The highest BCUT2D eigenvalue weighted by Crippen LogP contribution is 2.36. The lowest BCUT2D eigenvalue weighted by molar-refractivity contribution is -0.915. The number of likely N-dealkylation sites (tertiary alicyclic amines) is 1. The molecule has 1 rings (SSSR count). The van der Waals surface area contributed by atoms with Crippen LogP contribution < -0.4 is 0 Å². The van der Waals surface area contributed by atoms with E-state index in [0.29, 0.717) is 0 Å². The Balaban J connectivity index is 0.000000496. The highest BCUT2D eigenvalue weighted by Gasteiger charge is 2.46. The Morgan fingerprint density at radius 3 is 1.44 bits per heavy atom. The van der Waals surface area contributed by atoms with E-state index >= 15 is 0 Å². The van der Waals surface area contributed by atoms with Crippen molar-refractivity contribution in [2.24, 2.45) is 0 Å². The zero-order chi connectivity index (χ0) is 20.2. The third-order valence-electron chi connectivity index (χ3n) is 3.66. The van der Waals surface area contributed by atoms with E-state index in [4.69, 9.17) is 0 Å². The molecule has 0 aromatic carbocycles. The van der Waals surface area contributed by atoms with Crippen molar-refractivity contribution in [2.45, 2.75) is 44.1 Å². The standard InChI is InChI=1S/C9H20N.C2F6NO4S2/c1-3-7-10(4-2)8-5-6-9-10;3-1(4,5)14(10,11)9-15(12,13)2(6,7)8/h3-9H2,1-2H3;/q+1;-1. The van der Waals surface area contributed by atoms with Gasteiger partial charge in [0.1, 0.15) is 0 Å². The second-order valence-electron chi connectivity index (χ2n) is 5.45. The second kappa shape index (κ2) is 8.39. The highest BCUT2D eigenvalue weighted by molar-refractivity contribution is 8.13. The molecule has 152 valence electrons. The largest absolute Gasteiger partial charge is 0.480 e. The molecule has 25 heavy (non-hydrogen) atoms. The summed E-state index contributed by atoms with van der Waals surface area (Å²) >= 11 is 0. The van der Waals surface area contributed by atoms with Crippen LogP contribution in [0, 0.1) is 0 Å². The van der Waals surface area contributed by atoms with Crippen LogP contribution in [0.15, 0.2) is 0 Å². The van der Waals surface area contributed by atoms with Crippen LogP contribution in [0.2, 0.25) is 0 Å². The first-order chi connectivity index (χ1) is 11.0. The highest BCUT2D eigenvalue weighted by atomic mass is 32.3. The van der Waals surface area contributed by atoms with Crippen LogP contribution in [0.3, 0.4) is 0 Å². The van der Waals surface area contributed by atoms with Crippen molar-refractivity contribution in [3.05, 3.63) is 4.13 Å². The van der Waals surface area contributed by atoms with Gasteiger partial charge in [0.25, 0.3) is 0 Å². The van der Waals surface area contributed by atoms with Gasteiger partial charge in [0.2, 0.25) is 0 Å². The fourth-order valence-corrected chi connectivity index (χ4v) is 4.10. The number of halogens is 6. The molecule has 0 unspecified atom stereocenters. The number of hydrogen-bond acceptors (Lipinski definition) is 4. The van der Waals surface area contributed by atoms with Gasteiger partial charge in [-0.1, -0.05) is 6.92 Å². The predicted molar refractivity (Wildman–Crippen MR) is 78.2 cm³/mol. The average molecular weight is 422 g/mol. The molecule has 0 atom stereocenters. The van der Waals surface area contributed by atoms with E-state index < -0.39 is 31.1 Å². The Morgan fingerprint density at radius 1 is 0.840 bits per heavy atom. The molecule has 0 aromatic rings. The van der Waals surface area contributed by atoms with Crippen LogP contribution in [-0.2, 0) is 20.0 Å². The van der Waals surface area contributed by atoms with Crippen LogP contribution in [0.4, 0.5) is 26.3 Å². The number of rotatable bonds is 5. The molecule has 0 amide bonds. The minimum Gasteiger partial charge on any atom is -0.421 e. The summed E-state index contributed by atoms with van der Waals surface area (Å²) in [6.45, 7) is 10.3. The van der Waals surface area contributed by atoms with Crippen LogP contribution >= 0.6 is 0 Å². The quantitative estimate of drug-likeness (QED) is 0.504. The maximum atomic E-state index is 11.4. The van der Waals surface area contributed by atoms with Crippen molar-refractivity contribution in [3.8, 4) is 0 Å². The number of sulfonamides is 2. The molecule has 0 aromatic heterocycles. The summed E-state index contributed by atoms with van der Waals surface area (Å²) in [4.78, 5) is 0. The number of alkyl halides is 6. The first-order valence-electron chi connectivity index (χ1n) is 7.25. The van der Waals surface area contributed by atoms with Crippen LogP contribution in [-0.4, -0.2) is 58.5 Å². The van der Waals surface area contributed by atoms with Crippen molar-refractivity contribution >= 4 is 20.0 Å². The molecule has 0 radical (unpaired) electrons. The first-order valence-corrected chi connectivity index (χ1v) is 10.1. The topological polar surface area (TPSA) is 82.4 Å². The molecule has 1 heterocycles. The summed E-state index contributed by atoms with van der Waals surface area (Å²) in [5, 5.41) is 0. The summed E-state index contributed by atoms with van der Waals surface area (Å²) < 4.78 is 111. The van der Waals surface area contributed by atoms with Crippen molar-refractivity contribution in [3.63, 3.8) is 0 Å². The Morgan fingerprint density at radius 2 is 1.20 bits per heavy atom. The molecule has 0 N–H and O–H groups in total. The van der Waals surface area contributed by atoms with E-state index in [9.17, 15) is 43.2 Å². The average Bonchev–Trinajstić information content (AvgIpc) is 2.85. The smallest absolute Gasteiger partial charge is 0.421 e. The summed E-state index contributed by atoms with van der Waals surface area (Å²) in [5.74, 6) is 0. The Bertz CT molecular complexity index is 580. The van der Waals surface area contributed by atoms with Crippen molar-refractivity contribution in [1.29, 1.82) is 0 Å². The van der Waals surface area contributed by atoms with Crippen LogP contribution in [0.25, 0.3) is 4.13 Å². The van der Waals surface area contributed by atoms with Gasteiger partial charge in [-0.3, -0.25) is 0 Å². The fraction of sp³-hybridized carbons (Fsp3) is 1.00. The van der Waals surface area contributed by atoms with Gasteiger partial charge in [-0.2, -0.15) is 26.3 Å². The zero-order valence-corrected chi connectivity index (χ0v) is 15.2. The van der Waals surface area contributed by atoms with E-state index in [1.54, 1.807) is 0 Å². The number of nitrogens with zero attached hydrogens (tertiary/aromatic N) is 2. The maximum absolute atomic E-state index is 11.4. The van der Waals surface area contributed by atoms with Gasteiger partial charge >= 0.3 is 11.0 Å². The Kier molecular flexibility index (Phi) is 8.19. The van der Waals surface area contributed by atoms with Crippen molar-refractivity contribution in [1.82, 2.24) is 0 Å².